The Kier molecular flexibility index (Phi) is 2.93. The van der Waals surface area contributed by atoms with E-state index in [1.54, 1.807) is 6.92 Å². The van der Waals surface area contributed by atoms with Gasteiger partial charge in [-0.2, -0.15) is 0 Å². The number of likely N-dealkylation sites (tertiary alicyclic amines) is 1. The SMILES string of the molecule is CC(Cl)C(=O)N1CC(O)C(O)C1. The summed E-state index contributed by atoms with van der Waals surface area (Å²) < 4.78 is 0. The van der Waals surface area contributed by atoms with E-state index in [-0.39, 0.29) is 19.0 Å². The van der Waals surface area contributed by atoms with Gasteiger partial charge in [-0.3, -0.25) is 4.79 Å². The zero-order chi connectivity index (χ0) is 9.30. The molecular formula is C7H12ClNO3. The third-order valence-electron chi connectivity index (χ3n) is 1.91. The highest BCUT2D eigenvalue weighted by atomic mass is 35.5. The number of alkyl halides is 1. The number of carbonyl (C=O) groups excluding carboxylic acids is 1. The average molecular weight is 194 g/mol. The molecule has 1 heterocycles. The van der Waals surface area contributed by atoms with Gasteiger partial charge in [0.2, 0.25) is 5.91 Å². The highest BCUT2D eigenvalue weighted by molar-refractivity contribution is 6.30. The van der Waals surface area contributed by atoms with Crippen LogP contribution in [0.3, 0.4) is 0 Å². The van der Waals surface area contributed by atoms with Gasteiger partial charge in [-0.1, -0.05) is 0 Å². The molecule has 1 aliphatic rings. The number of hydrogen-bond donors (Lipinski definition) is 2. The topological polar surface area (TPSA) is 60.8 Å². The minimum absolute atomic E-state index is 0.178. The Morgan fingerprint density at radius 2 is 1.92 bits per heavy atom. The fraction of sp³-hybridized carbons (Fsp3) is 0.857. The smallest absolute Gasteiger partial charge is 0.240 e. The molecule has 0 radical (unpaired) electrons. The fourth-order valence-electron chi connectivity index (χ4n) is 1.20. The minimum Gasteiger partial charge on any atom is -0.388 e. The Morgan fingerprint density at radius 3 is 2.25 bits per heavy atom. The number of halogens is 1. The molecule has 1 rings (SSSR count). The van der Waals surface area contributed by atoms with Crippen molar-refractivity contribution in [1.29, 1.82) is 0 Å². The second-order valence-corrected chi connectivity index (χ2v) is 3.65. The summed E-state index contributed by atoms with van der Waals surface area (Å²) in [5, 5.41) is 17.6. The first-order valence-corrected chi connectivity index (χ1v) is 4.25. The molecule has 0 aromatic rings. The third-order valence-corrected chi connectivity index (χ3v) is 2.10. The van der Waals surface area contributed by atoms with Gasteiger partial charge in [0.25, 0.3) is 0 Å². The van der Waals surface area contributed by atoms with Crippen LogP contribution in [-0.4, -0.2) is 51.7 Å². The number of hydrogen-bond acceptors (Lipinski definition) is 3. The van der Waals surface area contributed by atoms with Gasteiger partial charge in [-0.05, 0) is 6.92 Å². The molecule has 0 saturated carbocycles. The van der Waals surface area contributed by atoms with Crippen molar-refractivity contribution in [3.63, 3.8) is 0 Å². The Balaban J connectivity index is 2.52. The molecular weight excluding hydrogens is 182 g/mol. The predicted molar refractivity (Wildman–Crippen MR) is 43.9 cm³/mol. The Morgan fingerprint density at radius 1 is 1.50 bits per heavy atom. The zero-order valence-electron chi connectivity index (χ0n) is 6.77. The van der Waals surface area contributed by atoms with E-state index in [9.17, 15) is 4.79 Å². The highest BCUT2D eigenvalue weighted by Crippen LogP contribution is 2.12. The predicted octanol–water partition coefficient (Wildman–Crippen LogP) is -0.822. The maximum Gasteiger partial charge on any atom is 0.240 e. The lowest BCUT2D eigenvalue weighted by molar-refractivity contribution is -0.130. The third kappa shape index (κ3) is 1.88. The molecule has 3 unspecified atom stereocenters. The molecule has 0 aromatic carbocycles. The van der Waals surface area contributed by atoms with E-state index in [1.807, 2.05) is 0 Å². The number of nitrogens with zero attached hydrogens (tertiary/aromatic N) is 1. The van der Waals surface area contributed by atoms with Crippen molar-refractivity contribution in [2.24, 2.45) is 0 Å². The van der Waals surface area contributed by atoms with Crippen LogP contribution in [0.15, 0.2) is 0 Å². The van der Waals surface area contributed by atoms with Crippen molar-refractivity contribution in [3.8, 4) is 0 Å². The Hall–Kier alpha value is -0.320. The largest absolute Gasteiger partial charge is 0.388 e. The van der Waals surface area contributed by atoms with Crippen LogP contribution in [0.1, 0.15) is 6.92 Å². The van der Waals surface area contributed by atoms with Crippen LogP contribution >= 0.6 is 11.6 Å². The number of aliphatic hydroxyl groups is 2. The first-order chi connectivity index (χ1) is 5.52. The number of carbonyl (C=O) groups is 1. The summed E-state index contributed by atoms with van der Waals surface area (Å²) in [7, 11) is 0. The zero-order valence-corrected chi connectivity index (χ0v) is 7.53. The molecule has 0 aromatic heterocycles. The van der Waals surface area contributed by atoms with Crippen LogP contribution in [-0.2, 0) is 4.79 Å². The summed E-state index contributed by atoms with van der Waals surface area (Å²) >= 11 is 5.55. The van der Waals surface area contributed by atoms with E-state index in [0.717, 1.165) is 0 Å². The second kappa shape index (κ2) is 3.60. The summed E-state index contributed by atoms with van der Waals surface area (Å²) in [6, 6.07) is 0. The lowest BCUT2D eigenvalue weighted by atomic mass is 10.3. The second-order valence-electron chi connectivity index (χ2n) is 2.99. The van der Waals surface area contributed by atoms with Gasteiger partial charge in [0.15, 0.2) is 0 Å². The van der Waals surface area contributed by atoms with Crippen LogP contribution in [0.2, 0.25) is 0 Å². The van der Waals surface area contributed by atoms with Crippen LogP contribution in [0.5, 0.6) is 0 Å². The van der Waals surface area contributed by atoms with Gasteiger partial charge >= 0.3 is 0 Å². The lowest BCUT2D eigenvalue weighted by Gasteiger charge is -2.16. The van der Waals surface area contributed by atoms with Gasteiger partial charge < -0.3 is 15.1 Å². The van der Waals surface area contributed by atoms with Gasteiger partial charge in [-0.15, -0.1) is 11.6 Å². The molecule has 1 saturated heterocycles. The van der Waals surface area contributed by atoms with E-state index in [4.69, 9.17) is 21.8 Å². The van der Waals surface area contributed by atoms with E-state index in [1.165, 1.54) is 4.90 Å². The molecule has 5 heteroatoms. The van der Waals surface area contributed by atoms with Crippen molar-refractivity contribution in [2.75, 3.05) is 13.1 Å². The van der Waals surface area contributed by atoms with Crippen molar-refractivity contribution < 1.29 is 15.0 Å². The molecule has 1 aliphatic heterocycles. The minimum atomic E-state index is -0.829. The summed E-state index contributed by atoms with van der Waals surface area (Å²) in [6.07, 6.45) is -1.66. The standard InChI is InChI=1S/C7H12ClNO3/c1-4(8)7(12)9-2-5(10)6(11)3-9/h4-6,10-11H,2-3H2,1H3. The quantitative estimate of drug-likeness (QED) is 0.535. The molecule has 0 bridgehead atoms. The van der Waals surface area contributed by atoms with Gasteiger partial charge in [-0.25, -0.2) is 0 Å². The van der Waals surface area contributed by atoms with E-state index >= 15 is 0 Å². The van der Waals surface area contributed by atoms with Crippen molar-refractivity contribution in [2.45, 2.75) is 24.5 Å². The normalized spacial score (nSPS) is 32.2. The summed E-state index contributed by atoms with van der Waals surface area (Å²) in [6.45, 7) is 1.93. The van der Waals surface area contributed by atoms with Crippen LogP contribution in [0.25, 0.3) is 0 Å². The number of β-amino-alcohol motifs (C(OH)–C–C–N with tert-alkyl or cyclic N) is 2. The van der Waals surface area contributed by atoms with E-state index in [2.05, 4.69) is 0 Å². The average Bonchev–Trinajstić information content (AvgIpc) is 2.30. The molecule has 2 N–H and O–H groups in total. The van der Waals surface area contributed by atoms with Crippen molar-refractivity contribution in [3.05, 3.63) is 0 Å². The van der Waals surface area contributed by atoms with Crippen LogP contribution < -0.4 is 0 Å². The van der Waals surface area contributed by atoms with Gasteiger partial charge in [0.1, 0.15) is 5.38 Å². The molecule has 3 atom stereocenters. The molecule has 4 nitrogen and oxygen atoms in total. The first kappa shape index (κ1) is 9.77. The molecule has 0 aliphatic carbocycles. The number of amides is 1. The Labute approximate surface area is 75.7 Å². The molecule has 1 fully saturated rings. The highest BCUT2D eigenvalue weighted by Gasteiger charge is 2.33. The summed E-state index contributed by atoms with van der Waals surface area (Å²) in [4.78, 5) is 12.6. The number of rotatable bonds is 1. The van der Waals surface area contributed by atoms with Crippen LogP contribution in [0.4, 0.5) is 0 Å². The lowest BCUT2D eigenvalue weighted by Crippen LogP contribution is -2.34. The van der Waals surface area contributed by atoms with Crippen molar-refractivity contribution in [1.82, 2.24) is 4.90 Å². The monoisotopic (exact) mass is 193 g/mol. The van der Waals surface area contributed by atoms with Gasteiger partial charge in [0, 0.05) is 13.1 Å². The van der Waals surface area contributed by atoms with E-state index < -0.39 is 17.6 Å². The van der Waals surface area contributed by atoms with E-state index in [0.29, 0.717) is 0 Å². The van der Waals surface area contributed by atoms with Crippen molar-refractivity contribution >= 4 is 17.5 Å². The van der Waals surface area contributed by atoms with Crippen LogP contribution in [0, 0.1) is 0 Å². The maximum atomic E-state index is 11.2. The maximum absolute atomic E-state index is 11.2. The fourth-order valence-corrected chi connectivity index (χ4v) is 1.34. The molecule has 70 valence electrons. The summed E-state index contributed by atoms with van der Waals surface area (Å²) in [5.74, 6) is -0.243. The first-order valence-electron chi connectivity index (χ1n) is 3.81. The summed E-state index contributed by atoms with van der Waals surface area (Å²) in [5.41, 5.74) is 0. The number of aliphatic hydroxyl groups excluding tert-OH is 2. The Bertz CT molecular complexity index is 175. The molecule has 1 amide bonds. The molecule has 12 heavy (non-hydrogen) atoms. The van der Waals surface area contributed by atoms with Gasteiger partial charge in [0.05, 0.1) is 12.2 Å². The molecule has 0 spiro atoms.